The van der Waals surface area contributed by atoms with E-state index in [0.29, 0.717) is 12.8 Å². The molecule has 18 heavy (non-hydrogen) atoms. The van der Waals surface area contributed by atoms with Crippen molar-refractivity contribution in [2.75, 3.05) is 7.05 Å². The average Bonchev–Trinajstić information content (AvgIpc) is 2.36. The third-order valence-corrected chi connectivity index (χ3v) is 3.18. The molecule has 0 radical (unpaired) electrons. The predicted molar refractivity (Wildman–Crippen MR) is 73.6 cm³/mol. The zero-order valence-electron chi connectivity index (χ0n) is 11.9. The molecule has 5 nitrogen and oxygen atoms in total. The summed E-state index contributed by atoms with van der Waals surface area (Å²) >= 11 is 0. The van der Waals surface area contributed by atoms with E-state index in [1.807, 2.05) is 6.92 Å². The molecule has 5 heteroatoms. The van der Waals surface area contributed by atoms with E-state index in [4.69, 9.17) is 10.9 Å². The summed E-state index contributed by atoms with van der Waals surface area (Å²) in [4.78, 5) is 13.5. The molecule has 0 aliphatic carbocycles. The Hall–Kier alpha value is -1.26. The molecule has 1 unspecified atom stereocenters. The van der Waals surface area contributed by atoms with E-state index in [2.05, 4.69) is 12.1 Å². The van der Waals surface area contributed by atoms with Crippen molar-refractivity contribution >= 4 is 11.7 Å². The first-order chi connectivity index (χ1) is 8.52. The molecule has 0 saturated heterocycles. The second-order valence-corrected chi connectivity index (χ2v) is 4.81. The lowest BCUT2D eigenvalue weighted by Gasteiger charge is -2.24. The van der Waals surface area contributed by atoms with E-state index < -0.39 is 0 Å². The summed E-state index contributed by atoms with van der Waals surface area (Å²) in [6.45, 7) is 4.07. The number of oxime groups is 1. The minimum Gasteiger partial charge on any atom is -0.409 e. The summed E-state index contributed by atoms with van der Waals surface area (Å²) in [6.07, 6.45) is 6.69. The summed E-state index contributed by atoms with van der Waals surface area (Å²) in [5.41, 5.74) is 5.43. The van der Waals surface area contributed by atoms with Gasteiger partial charge < -0.3 is 15.8 Å². The van der Waals surface area contributed by atoms with Crippen LogP contribution in [0.25, 0.3) is 0 Å². The highest BCUT2D eigenvalue weighted by molar-refractivity contribution is 5.81. The Bertz CT molecular complexity index is 267. The van der Waals surface area contributed by atoms with E-state index >= 15 is 0 Å². The molecule has 106 valence electrons. The van der Waals surface area contributed by atoms with Gasteiger partial charge in [0.1, 0.15) is 5.84 Å². The van der Waals surface area contributed by atoms with E-state index in [1.165, 1.54) is 19.3 Å². The zero-order chi connectivity index (χ0) is 14.0. The summed E-state index contributed by atoms with van der Waals surface area (Å²) in [7, 11) is 1.77. The molecule has 0 fully saturated rings. The summed E-state index contributed by atoms with van der Waals surface area (Å²) in [5.74, 6) is 0.287. The number of amidine groups is 1. The lowest BCUT2D eigenvalue weighted by atomic mass is 10.1. The molecule has 0 spiro atoms. The number of carbonyl (C=O) groups excluding carboxylic acids is 1. The molecule has 0 heterocycles. The van der Waals surface area contributed by atoms with Gasteiger partial charge in [0, 0.05) is 25.9 Å². The maximum Gasteiger partial charge on any atom is 0.222 e. The summed E-state index contributed by atoms with van der Waals surface area (Å²) < 4.78 is 0. The standard InChI is InChI=1S/C13H27N3O2/c1-4-5-6-7-8-9-13(17)16(3)11(2)10-12(14)15-18/h11,18H,4-10H2,1-3H3,(H2,14,15). The Morgan fingerprint density at radius 3 is 2.50 bits per heavy atom. The fraction of sp³-hybridized carbons (Fsp3) is 0.846. The van der Waals surface area contributed by atoms with Crippen LogP contribution in [0.4, 0.5) is 0 Å². The molecule has 3 N–H and O–H groups in total. The van der Waals surface area contributed by atoms with Gasteiger partial charge in [-0.15, -0.1) is 0 Å². The molecular formula is C13H27N3O2. The smallest absolute Gasteiger partial charge is 0.222 e. The molecule has 0 saturated carbocycles. The molecule has 0 aliphatic heterocycles. The fourth-order valence-corrected chi connectivity index (χ4v) is 1.78. The first-order valence-corrected chi connectivity index (χ1v) is 6.75. The quantitative estimate of drug-likeness (QED) is 0.219. The SMILES string of the molecule is CCCCCCCC(=O)N(C)C(C)CC(N)=NO. The molecule has 0 aromatic rings. The molecule has 1 atom stereocenters. The predicted octanol–water partition coefficient (Wildman–Crippen LogP) is 2.33. The summed E-state index contributed by atoms with van der Waals surface area (Å²) in [6, 6.07) is -0.0379. The molecule has 0 aliphatic rings. The van der Waals surface area contributed by atoms with Crippen LogP contribution in [0, 0.1) is 0 Å². The number of hydrogen-bond acceptors (Lipinski definition) is 3. The average molecular weight is 257 g/mol. The number of unbranched alkanes of at least 4 members (excludes halogenated alkanes) is 4. The molecule has 0 bridgehead atoms. The van der Waals surface area contributed by atoms with Crippen LogP contribution < -0.4 is 5.73 Å². The number of nitrogens with two attached hydrogens (primary N) is 1. The van der Waals surface area contributed by atoms with E-state index in [9.17, 15) is 4.79 Å². The monoisotopic (exact) mass is 257 g/mol. The van der Waals surface area contributed by atoms with Crippen molar-refractivity contribution < 1.29 is 10.0 Å². The maximum absolute atomic E-state index is 11.9. The maximum atomic E-state index is 11.9. The van der Waals surface area contributed by atoms with Gasteiger partial charge in [-0.3, -0.25) is 4.79 Å². The highest BCUT2D eigenvalue weighted by atomic mass is 16.4. The Morgan fingerprint density at radius 2 is 1.94 bits per heavy atom. The van der Waals surface area contributed by atoms with Crippen LogP contribution in [0.15, 0.2) is 5.16 Å². The normalized spacial score (nSPS) is 13.4. The van der Waals surface area contributed by atoms with Gasteiger partial charge in [-0.2, -0.15) is 0 Å². The second-order valence-electron chi connectivity index (χ2n) is 4.81. The molecule has 0 rings (SSSR count). The number of nitrogens with zero attached hydrogens (tertiary/aromatic N) is 2. The summed E-state index contributed by atoms with van der Waals surface area (Å²) in [5, 5.41) is 11.4. The van der Waals surface area contributed by atoms with E-state index in [1.54, 1.807) is 11.9 Å². The zero-order valence-corrected chi connectivity index (χ0v) is 11.9. The fourth-order valence-electron chi connectivity index (χ4n) is 1.78. The lowest BCUT2D eigenvalue weighted by molar-refractivity contribution is -0.131. The largest absolute Gasteiger partial charge is 0.409 e. The Morgan fingerprint density at radius 1 is 1.33 bits per heavy atom. The van der Waals surface area contributed by atoms with Crippen LogP contribution in [0.1, 0.15) is 58.8 Å². The second kappa shape index (κ2) is 9.74. The van der Waals surface area contributed by atoms with Gasteiger partial charge in [0.2, 0.25) is 5.91 Å². The van der Waals surface area contributed by atoms with Crippen molar-refractivity contribution in [2.24, 2.45) is 10.9 Å². The van der Waals surface area contributed by atoms with Gasteiger partial charge in [0.05, 0.1) is 0 Å². The van der Waals surface area contributed by atoms with Crippen molar-refractivity contribution in [3.05, 3.63) is 0 Å². The van der Waals surface area contributed by atoms with Gasteiger partial charge >= 0.3 is 0 Å². The van der Waals surface area contributed by atoms with E-state index in [-0.39, 0.29) is 17.8 Å². The van der Waals surface area contributed by atoms with Gasteiger partial charge in [0.25, 0.3) is 0 Å². The third kappa shape index (κ3) is 7.14. The van der Waals surface area contributed by atoms with Crippen molar-refractivity contribution in [1.82, 2.24) is 4.90 Å². The van der Waals surface area contributed by atoms with Gasteiger partial charge in [-0.25, -0.2) is 0 Å². The number of hydrogen-bond donors (Lipinski definition) is 2. The Kier molecular flexibility index (Phi) is 9.06. The van der Waals surface area contributed by atoms with Gasteiger partial charge in [-0.1, -0.05) is 37.8 Å². The minimum absolute atomic E-state index is 0.0379. The van der Waals surface area contributed by atoms with Crippen LogP contribution in [0.2, 0.25) is 0 Å². The minimum atomic E-state index is -0.0379. The van der Waals surface area contributed by atoms with Crippen LogP contribution in [-0.2, 0) is 4.79 Å². The molecular weight excluding hydrogens is 230 g/mol. The number of rotatable bonds is 9. The lowest BCUT2D eigenvalue weighted by Crippen LogP contribution is -2.37. The highest BCUT2D eigenvalue weighted by Gasteiger charge is 2.16. The van der Waals surface area contributed by atoms with Gasteiger partial charge in [-0.05, 0) is 13.3 Å². The highest BCUT2D eigenvalue weighted by Crippen LogP contribution is 2.09. The first-order valence-electron chi connectivity index (χ1n) is 6.75. The Balaban J connectivity index is 3.87. The molecule has 0 aromatic carbocycles. The van der Waals surface area contributed by atoms with Gasteiger partial charge in [0.15, 0.2) is 0 Å². The van der Waals surface area contributed by atoms with Crippen molar-refractivity contribution in [1.29, 1.82) is 0 Å². The van der Waals surface area contributed by atoms with Crippen molar-refractivity contribution in [2.45, 2.75) is 64.8 Å². The van der Waals surface area contributed by atoms with Crippen molar-refractivity contribution in [3.63, 3.8) is 0 Å². The number of amides is 1. The number of carbonyl (C=O) groups is 1. The van der Waals surface area contributed by atoms with Crippen LogP contribution >= 0.6 is 0 Å². The van der Waals surface area contributed by atoms with E-state index in [0.717, 1.165) is 12.8 Å². The topological polar surface area (TPSA) is 78.9 Å². The molecule has 1 amide bonds. The van der Waals surface area contributed by atoms with Crippen LogP contribution in [0.5, 0.6) is 0 Å². The van der Waals surface area contributed by atoms with Crippen LogP contribution in [-0.4, -0.2) is 34.9 Å². The van der Waals surface area contributed by atoms with Crippen molar-refractivity contribution in [3.8, 4) is 0 Å². The third-order valence-electron chi connectivity index (χ3n) is 3.18. The van der Waals surface area contributed by atoms with Crippen LogP contribution in [0.3, 0.4) is 0 Å². The first kappa shape index (κ1) is 16.7. The molecule has 0 aromatic heterocycles. The Labute approximate surface area is 110 Å².